The molecule has 1 aromatic rings. The molecule has 0 aliphatic heterocycles. The van der Waals surface area contributed by atoms with Gasteiger partial charge in [-0.3, -0.25) is 9.59 Å². The monoisotopic (exact) mass is 276 g/mol. The van der Waals surface area contributed by atoms with Crippen molar-refractivity contribution in [3.8, 4) is 5.75 Å². The lowest BCUT2D eigenvalue weighted by Crippen LogP contribution is -2.35. The Hall–Kier alpha value is -2.30. The Morgan fingerprint density at radius 1 is 1.25 bits per heavy atom. The topological polar surface area (TPSA) is 67.4 Å². The van der Waals surface area contributed by atoms with Gasteiger partial charge in [0.15, 0.2) is 0 Å². The molecule has 0 fully saturated rings. The van der Waals surface area contributed by atoms with Crippen LogP contribution in [-0.2, 0) is 9.59 Å². The number of carbonyl (C=O) groups is 2. The normalized spacial score (nSPS) is 9.95. The zero-order valence-electron chi connectivity index (χ0n) is 11.8. The van der Waals surface area contributed by atoms with Gasteiger partial charge in [-0.05, 0) is 30.2 Å². The first kappa shape index (κ1) is 15.8. The van der Waals surface area contributed by atoms with Crippen LogP contribution >= 0.6 is 0 Å². The van der Waals surface area contributed by atoms with Gasteiger partial charge in [0.2, 0.25) is 0 Å². The van der Waals surface area contributed by atoms with E-state index in [0.29, 0.717) is 18.2 Å². The third-order valence-electron chi connectivity index (χ3n) is 2.31. The molecule has 5 heteroatoms. The summed E-state index contributed by atoms with van der Waals surface area (Å²) in [6.07, 6.45) is 1.51. The summed E-state index contributed by atoms with van der Waals surface area (Å²) in [4.78, 5) is 22.9. The molecule has 0 aromatic heterocycles. The molecule has 0 unspecified atom stereocenters. The molecule has 0 spiro atoms. The van der Waals surface area contributed by atoms with Gasteiger partial charge in [0.1, 0.15) is 5.75 Å². The Balaban J connectivity index is 2.50. The zero-order chi connectivity index (χ0) is 15.0. The molecule has 5 nitrogen and oxygen atoms in total. The molecule has 0 atom stereocenters. The van der Waals surface area contributed by atoms with Crippen molar-refractivity contribution >= 4 is 17.5 Å². The van der Waals surface area contributed by atoms with E-state index in [1.54, 1.807) is 24.3 Å². The molecule has 1 rings (SSSR count). The fourth-order valence-electron chi connectivity index (χ4n) is 1.33. The van der Waals surface area contributed by atoms with Crippen molar-refractivity contribution in [2.45, 2.75) is 13.8 Å². The summed E-state index contributed by atoms with van der Waals surface area (Å²) in [5.74, 6) is -0.219. The van der Waals surface area contributed by atoms with Crippen LogP contribution in [0.5, 0.6) is 5.75 Å². The number of nitrogens with one attached hydrogen (secondary N) is 2. The highest BCUT2D eigenvalue weighted by molar-refractivity contribution is 6.39. The smallest absolute Gasteiger partial charge is 0.313 e. The van der Waals surface area contributed by atoms with Gasteiger partial charge in [0.25, 0.3) is 0 Å². The van der Waals surface area contributed by atoms with E-state index >= 15 is 0 Å². The number of rotatable bonds is 6. The highest BCUT2D eigenvalue weighted by Crippen LogP contribution is 2.16. The van der Waals surface area contributed by atoms with Gasteiger partial charge in [0.05, 0.1) is 6.61 Å². The first-order valence-corrected chi connectivity index (χ1v) is 6.46. The van der Waals surface area contributed by atoms with Crippen LogP contribution in [0.1, 0.15) is 13.8 Å². The van der Waals surface area contributed by atoms with Crippen molar-refractivity contribution in [2.75, 3.05) is 18.5 Å². The first-order chi connectivity index (χ1) is 9.52. The summed E-state index contributed by atoms with van der Waals surface area (Å²) in [6.45, 7) is 8.48. The summed E-state index contributed by atoms with van der Waals surface area (Å²) in [7, 11) is 0. The molecule has 20 heavy (non-hydrogen) atoms. The first-order valence-electron chi connectivity index (χ1n) is 6.46. The van der Waals surface area contributed by atoms with Crippen LogP contribution in [0, 0.1) is 5.92 Å². The second-order valence-electron chi connectivity index (χ2n) is 4.68. The van der Waals surface area contributed by atoms with E-state index in [-0.39, 0.29) is 6.54 Å². The van der Waals surface area contributed by atoms with Crippen molar-refractivity contribution in [3.63, 3.8) is 0 Å². The van der Waals surface area contributed by atoms with Crippen LogP contribution in [0.4, 0.5) is 5.69 Å². The minimum absolute atomic E-state index is 0.258. The highest BCUT2D eigenvalue weighted by atomic mass is 16.5. The molecule has 0 radical (unpaired) electrons. The van der Waals surface area contributed by atoms with Crippen molar-refractivity contribution < 1.29 is 14.3 Å². The molecule has 2 amide bonds. The zero-order valence-corrected chi connectivity index (χ0v) is 11.8. The fraction of sp³-hybridized carbons (Fsp3) is 0.333. The molecular formula is C15H20N2O3. The van der Waals surface area contributed by atoms with Crippen LogP contribution in [0.15, 0.2) is 36.9 Å². The molecule has 1 aromatic carbocycles. The van der Waals surface area contributed by atoms with Crippen molar-refractivity contribution in [1.29, 1.82) is 0 Å². The van der Waals surface area contributed by atoms with E-state index in [4.69, 9.17) is 4.74 Å². The molecule has 108 valence electrons. The Kier molecular flexibility index (Phi) is 6.29. The molecule has 2 N–H and O–H groups in total. The molecule has 0 aliphatic carbocycles. The summed E-state index contributed by atoms with van der Waals surface area (Å²) >= 11 is 0. The molecule has 0 saturated carbocycles. The van der Waals surface area contributed by atoms with Crippen LogP contribution < -0.4 is 15.4 Å². The van der Waals surface area contributed by atoms with E-state index < -0.39 is 11.8 Å². The number of benzene rings is 1. The predicted molar refractivity (Wildman–Crippen MR) is 78.6 cm³/mol. The van der Waals surface area contributed by atoms with Gasteiger partial charge in [-0.15, -0.1) is 6.58 Å². The van der Waals surface area contributed by atoms with Crippen LogP contribution in [-0.4, -0.2) is 25.0 Å². The van der Waals surface area contributed by atoms with Crippen molar-refractivity contribution in [3.05, 3.63) is 36.9 Å². The Morgan fingerprint density at radius 3 is 2.45 bits per heavy atom. The highest BCUT2D eigenvalue weighted by Gasteiger charge is 2.12. The van der Waals surface area contributed by atoms with Crippen molar-refractivity contribution in [1.82, 2.24) is 5.32 Å². The lowest BCUT2D eigenvalue weighted by atomic mass is 10.2. The Morgan fingerprint density at radius 2 is 1.90 bits per heavy atom. The van der Waals surface area contributed by atoms with E-state index in [1.807, 2.05) is 0 Å². The molecule has 0 bridgehead atoms. The number of carbonyl (C=O) groups excluding carboxylic acids is 2. The standard InChI is InChI=1S/C15H20N2O3/c1-4-9-16-14(18)15(19)17-12-5-7-13(8-6-12)20-10-11(2)3/h4-8,11H,1,9-10H2,2-3H3,(H,16,18)(H,17,19). The summed E-state index contributed by atoms with van der Waals surface area (Å²) in [5.41, 5.74) is 0.542. The third-order valence-corrected chi connectivity index (χ3v) is 2.31. The summed E-state index contributed by atoms with van der Waals surface area (Å²) in [6, 6.07) is 6.88. The Labute approximate surface area is 119 Å². The van der Waals surface area contributed by atoms with Crippen LogP contribution in [0.2, 0.25) is 0 Å². The van der Waals surface area contributed by atoms with Crippen LogP contribution in [0.25, 0.3) is 0 Å². The number of ether oxygens (including phenoxy) is 1. The van der Waals surface area contributed by atoms with E-state index in [0.717, 1.165) is 5.75 Å². The van der Waals surface area contributed by atoms with Gasteiger partial charge >= 0.3 is 11.8 Å². The molecular weight excluding hydrogens is 256 g/mol. The van der Waals surface area contributed by atoms with Gasteiger partial charge in [-0.25, -0.2) is 0 Å². The van der Waals surface area contributed by atoms with Gasteiger partial charge < -0.3 is 15.4 Å². The summed E-state index contributed by atoms with van der Waals surface area (Å²) in [5, 5.41) is 4.90. The average Bonchev–Trinajstić information content (AvgIpc) is 2.43. The van der Waals surface area contributed by atoms with Crippen molar-refractivity contribution in [2.24, 2.45) is 5.92 Å². The van der Waals surface area contributed by atoms with Gasteiger partial charge in [0, 0.05) is 12.2 Å². The second kappa shape index (κ2) is 7.99. The number of amides is 2. The molecule has 0 heterocycles. The van der Waals surface area contributed by atoms with E-state index in [9.17, 15) is 9.59 Å². The predicted octanol–water partition coefficient (Wildman–Crippen LogP) is 1.96. The minimum atomic E-state index is -0.706. The van der Waals surface area contributed by atoms with E-state index in [1.165, 1.54) is 6.08 Å². The lowest BCUT2D eigenvalue weighted by Gasteiger charge is -2.09. The maximum absolute atomic E-state index is 11.5. The maximum Gasteiger partial charge on any atom is 0.313 e. The SMILES string of the molecule is C=CCNC(=O)C(=O)Nc1ccc(OCC(C)C)cc1. The molecule has 0 aliphatic rings. The van der Waals surface area contributed by atoms with Crippen LogP contribution in [0.3, 0.4) is 0 Å². The maximum atomic E-state index is 11.5. The molecule has 0 saturated heterocycles. The van der Waals surface area contributed by atoms with Gasteiger partial charge in [-0.2, -0.15) is 0 Å². The summed E-state index contributed by atoms with van der Waals surface area (Å²) < 4.78 is 5.52. The quantitative estimate of drug-likeness (QED) is 0.616. The number of anilines is 1. The second-order valence-corrected chi connectivity index (χ2v) is 4.68. The average molecular weight is 276 g/mol. The minimum Gasteiger partial charge on any atom is -0.493 e. The Bertz CT molecular complexity index is 467. The largest absolute Gasteiger partial charge is 0.493 e. The third kappa shape index (κ3) is 5.56. The van der Waals surface area contributed by atoms with E-state index in [2.05, 4.69) is 31.1 Å². The van der Waals surface area contributed by atoms with Gasteiger partial charge in [-0.1, -0.05) is 19.9 Å². The number of hydrogen-bond donors (Lipinski definition) is 2. The number of hydrogen-bond acceptors (Lipinski definition) is 3. The lowest BCUT2D eigenvalue weighted by molar-refractivity contribution is -0.136. The fourth-order valence-corrected chi connectivity index (χ4v) is 1.33.